The highest BCUT2D eigenvalue weighted by Crippen LogP contribution is 2.26. The van der Waals surface area contributed by atoms with Crippen LogP contribution in [0, 0.1) is 0 Å². The molecule has 6 aromatic rings. The third kappa shape index (κ3) is 10.9. The van der Waals surface area contributed by atoms with Crippen LogP contribution in [-0.4, -0.2) is 99.8 Å². The zero-order chi connectivity index (χ0) is 46.5. The average Bonchev–Trinajstić information content (AvgIpc) is 4.04. The van der Waals surface area contributed by atoms with E-state index < -0.39 is 48.5 Å². The van der Waals surface area contributed by atoms with Crippen LogP contribution in [0.15, 0.2) is 109 Å². The van der Waals surface area contributed by atoms with Crippen molar-refractivity contribution >= 4 is 57.6 Å². The Kier molecular flexibility index (Phi) is 14.3. The predicted octanol–water partition coefficient (Wildman–Crippen LogP) is 3.17. The molecule has 10 N–H and O–H groups in total. The summed E-state index contributed by atoms with van der Waals surface area (Å²) < 4.78 is 21.1. The van der Waals surface area contributed by atoms with Crippen LogP contribution < -0.4 is 31.6 Å². The van der Waals surface area contributed by atoms with E-state index in [0.717, 1.165) is 56.2 Å². The normalized spacial score (nSPS) is 16.8. The zero-order valence-corrected chi connectivity index (χ0v) is 36.6. The number of rotatable bonds is 18. The van der Waals surface area contributed by atoms with Gasteiger partial charge < -0.3 is 45.0 Å². The van der Waals surface area contributed by atoms with Gasteiger partial charge in [-0.2, -0.15) is 0 Å². The van der Waals surface area contributed by atoms with E-state index in [1.54, 1.807) is 50.9 Å². The largest absolute Gasteiger partial charge is 0.497 e. The molecule has 19 heteroatoms. The number of amides is 6. The summed E-state index contributed by atoms with van der Waals surface area (Å²) in [4.78, 5) is 86.2. The highest BCUT2D eigenvalue weighted by atomic mass is 16.6. The minimum atomic E-state index is -1.08. The topological polar surface area (TPSA) is 285 Å². The van der Waals surface area contributed by atoms with Gasteiger partial charge >= 0.3 is 24.0 Å². The fourth-order valence-electron chi connectivity index (χ4n) is 8.11. The van der Waals surface area contributed by atoms with E-state index in [0.29, 0.717) is 35.5 Å². The van der Waals surface area contributed by atoms with Crippen LogP contribution in [0.3, 0.4) is 0 Å². The molecule has 2 fully saturated rings. The van der Waals surface area contributed by atoms with Crippen LogP contribution in [0.4, 0.5) is 9.59 Å². The number of nitrogens with two attached hydrogens (primary N) is 2. The number of carbonyl (C=O) groups excluding carboxylic acids is 6. The molecule has 19 nitrogen and oxygen atoms in total. The Hall–Kier alpha value is -8.00. The number of carbonyl (C=O) groups is 6. The first-order chi connectivity index (χ1) is 31.8. The number of esters is 2. The number of aromatic amines is 2. The molecule has 0 spiro atoms. The lowest BCUT2D eigenvalue weighted by Crippen LogP contribution is -2.32. The van der Waals surface area contributed by atoms with Crippen LogP contribution in [0.5, 0.6) is 11.5 Å². The first kappa shape index (κ1) is 47.0. The number of urea groups is 2. The molecule has 6 amide bonds. The molecule has 4 unspecified atom stereocenters. The van der Waals surface area contributed by atoms with Gasteiger partial charge in [-0.1, -0.05) is 36.4 Å². The molecule has 2 aromatic heterocycles. The monoisotopic (exact) mass is 914 g/mol. The van der Waals surface area contributed by atoms with Crippen molar-refractivity contribution in [2.75, 3.05) is 14.2 Å². The molecule has 2 aliphatic rings. The number of hydrogen-bond acceptors (Lipinski definition) is 12. The lowest BCUT2D eigenvalue weighted by molar-refractivity contribution is -0.145. The van der Waals surface area contributed by atoms with E-state index in [9.17, 15) is 28.8 Å². The summed E-state index contributed by atoms with van der Waals surface area (Å²) in [5, 5.41) is 7.08. The Labute approximate surface area is 383 Å². The van der Waals surface area contributed by atoms with E-state index in [-0.39, 0.29) is 43.2 Å². The molecule has 2 saturated heterocycles. The van der Waals surface area contributed by atoms with Crippen LogP contribution in [0.1, 0.15) is 33.4 Å². The van der Waals surface area contributed by atoms with Crippen molar-refractivity contribution in [3.63, 3.8) is 0 Å². The second kappa shape index (κ2) is 20.4. The van der Waals surface area contributed by atoms with Crippen LogP contribution >= 0.6 is 0 Å². The van der Waals surface area contributed by atoms with Gasteiger partial charge in [-0.25, -0.2) is 19.2 Å². The van der Waals surface area contributed by atoms with E-state index in [1.807, 2.05) is 60.7 Å². The smallest absolute Gasteiger partial charge is 0.332 e. The Bertz CT molecular complexity index is 2650. The number of imide groups is 2. The number of methoxy groups -OCH3 is 2. The molecule has 8 rings (SSSR count). The molecule has 348 valence electrons. The molecule has 4 heterocycles. The molecule has 2 aliphatic heterocycles. The van der Waals surface area contributed by atoms with Gasteiger partial charge in [0.25, 0.3) is 11.8 Å². The molecule has 0 aliphatic carbocycles. The predicted molar refractivity (Wildman–Crippen MR) is 244 cm³/mol. The van der Waals surface area contributed by atoms with Gasteiger partial charge in [-0.15, -0.1) is 0 Å². The van der Waals surface area contributed by atoms with Gasteiger partial charge in [0.2, 0.25) is 0 Å². The number of benzene rings is 4. The van der Waals surface area contributed by atoms with Gasteiger partial charge in [-0.05, 0) is 81.9 Å². The number of nitrogens with zero attached hydrogens (tertiary/aromatic N) is 2. The fraction of sp³-hybridized carbons (Fsp3) is 0.250. The highest BCUT2D eigenvalue weighted by Gasteiger charge is 2.39. The maximum Gasteiger partial charge on any atom is 0.332 e. The molecule has 0 bridgehead atoms. The van der Waals surface area contributed by atoms with Crippen molar-refractivity contribution in [3.8, 4) is 11.5 Å². The van der Waals surface area contributed by atoms with Gasteiger partial charge in [0.1, 0.15) is 23.6 Å². The lowest BCUT2D eigenvalue weighted by Gasteiger charge is -2.14. The summed E-state index contributed by atoms with van der Waals surface area (Å²) in [6.45, 7) is 0.103. The Balaban J connectivity index is 0.00000666. The second-order valence-electron chi connectivity index (χ2n) is 16.0. The molecular weight excluding hydrogens is 865 g/mol. The number of H-pyrrole nitrogens is 2. The van der Waals surface area contributed by atoms with Gasteiger partial charge in [-0.3, -0.25) is 30.9 Å². The van der Waals surface area contributed by atoms with Crippen molar-refractivity contribution < 1.29 is 53.2 Å². The number of fused-ring (bicyclic) bond motifs is 2. The first-order valence-electron chi connectivity index (χ1n) is 21.1. The summed E-state index contributed by atoms with van der Waals surface area (Å²) in [6, 6.07) is 23.2. The summed E-state index contributed by atoms with van der Waals surface area (Å²) in [5.74, 6) is -1.02. The molecule has 0 saturated carbocycles. The standard InChI is InChI=1S/C48H48N8O10.H2O/c1-63-33-9-3-27(4-10-33)19-39-45(59)55(47(61)53-39)25-29-7-13-37-35(17-29)31(23-51-37)21-41(49)65-43(57)15-16-44(58)66-42(50)22-32-24-52-38-14-8-30(18-36(32)38)26-56-46(60)40(54-48(56)62)20-28-5-11-34(64-2)12-6-28;/h3-18,23-24,39-42,51-52H,19-22,25-26,49-50H2,1-2H3,(H,53,61)(H,54,62);1H2/b16-15-;. The fourth-order valence-corrected chi connectivity index (χ4v) is 8.11. The van der Waals surface area contributed by atoms with Crippen molar-refractivity contribution in [2.45, 2.75) is 63.3 Å². The van der Waals surface area contributed by atoms with Crippen molar-refractivity contribution in [3.05, 3.63) is 143 Å². The van der Waals surface area contributed by atoms with Crippen LogP contribution in [-0.2, 0) is 67.4 Å². The zero-order valence-electron chi connectivity index (χ0n) is 36.6. The molecule has 4 atom stereocenters. The van der Waals surface area contributed by atoms with E-state index >= 15 is 0 Å². The van der Waals surface area contributed by atoms with Gasteiger partial charge in [0.15, 0.2) is 12.5 Å². The van der Waals surface area contributed by atoms with Crippen molar-refractivity contribution in [1.82, 2.24) is 30.4 Å². The Morgan fingerprint density at radius 1 is 0.597 bits per heavy atom. The Morgan fingerprint density at radius 3 is 1.34 bits per heavy atom. The molecular formula is C48H50N8O11. The quantitative estimate of drug-likeness (QED) is 0.0314. The minimum absolute atomic E-state index is 0. The minimum Gasteiger partial charge on any atom is -0.497 e. The third-order valence-corrected chi connectivity index (χ3v) is 11.5. The van der Waals surface area contributed by atoms with Crippen molar-refractivity contribution in [1.29, 1.82) is 0 Å². The van der Waals surface area contributed by atoms with Crippen molar-refractivity contribution in [2.24, 2.45) is 11.5 Å². The molecule has 0 radical (unpaired) electrons. The maximum absolute atomic E-state index is 13.2. The summed E-state index contributed by atoms with van der Waals surface area (Å²) >= 11 is 0. The summed E-state index contributed by atoms with van der Waals surface area (Å²) in [5.41, 5.74) is 18.6. The molecule has 4 aromatic carbocycles. The van der Waals surface area contributed by atoms with E-state index in [1.165, 1.54) is 9.80 Å². The third-order valence-electron chi connectivity index (χ3n) is 11.5. The SMILES string of the molecule is COc1ccc(CC2NC(=O)N(Cc3ccc4[nH]cc(CC(N)OC(=O)/C=C\C(=O)OC(N)Cc5c[nH]c6ccc(CN7C(=O)NC(Cc8ccc(OC)cc8)C7=O)cc56)c4c3)C2=O)cc1.O. The van der Waals surface area contributed by atoms with E-state index in [2.05, 4.69) is 20.6 Å². The van der Waals surface area contributed by atoms with E-state index in [4.69, 9.17) is 30.4 Å². The first-order valence-corrected chi connectivity index (χ1v) is 21.1. The van der Waals surface area contributed by atoms with Gasteiger partial charge in [0.05, 0.1) is 27.3 Å². The molecule has 67 heavy (non-hydrogen) atoms. The highest BCUT2D eigenvalue weighted by molar-refractivity contribution is 6.05. The number of nitrogens with one attached hydrogen (secondary N) is 4. The number of ether oxygens (including phenoxy) is 4. The number of hydrogen-bond donors (Lipinski definition) is 6. The average molecular weight is 915 g/mol. The van der Waals surface area contributed by atoms with Crippen LogP contribution in [0.25, 0.3) is 21.8 Å². The van der Waals surface area contributed by atoms with Crippen LogP contribution in [0.2, 0.25) is 0 Å². The second-order valence-corrected chi connectivity index (χ2v) is 16.0. The summed E-state index contributed by atoms with van der Waals surface area (Å²) in [7, 11) is 3.15. The summed E-state index contributed by atoms with van der Waals surface area (Å²) in [6.07, 6.45) is 4.00. The van der Waals surface area contributed by atoms with Gasteiger partial charge in [0, 0.05) is 72.0 Å². The lowest BCUT2D eigenvalue weighted by atomic mass is 10.0. The Morgan fingerprint density at radius 2 is 0.970 bits per heavy atom. The number of aromatic nitrogens is 2. The maximum atomic E-state index is 13.2.